The molecule has 17 heavy (non-hydrogen) atoms. The lowest BCUT2D eigenvalue weighted by atomic mass is 10.3. The number of hydrogen-bond donors (Lipinski definition) is 0. The van der Waals surface area contributed by atoms with Crippen molar-refractivity contribution in [1.29, 1.82) is 0 Å². The second kappa shape index (κ2) is 8.98. The molecule has 1 rings (SSSR count). The molecule has 0 heterocycles. The highest BCUT2D eigenvalue weighted by molar-refractivity contribution is 5.20. The maximum Gasteiger partial charge on any atom is 0.180 e. The maximum absolute atomic E-state index is 5.52. The van der Waals surface area contributed by atoms with Gasteiger partial charge in [0.25, 0.3) is 0 Å². The first-order valence-corrected chi connectivity index (χ1v) is 5.68. The van der Waals surface area contributed by atoms with Crippen LogP contribution in [0.3, 0.4) is 0 Å². The molecule has 0 aliphatic carbocycles. The first-order valence-electron chi connectivity index (χ1n) is 5.68. The maximum atomic E-state index is 5.52. The van der Waals surface area contributed by atoms with Gasteiger partial charge in [-0.2, -0.15) is 0 Å². The SMILES string of the molecule is COC(COCCCOc1ccccc1)OC. The first kappa shape index (κ1) is 14.0. The summed E-state index contributed by atoms with van der Waals surface area (Å²) in [5, 5.41) is 0. The number of benzene rings is 1. The molecule has 1 aromatic rings. The minimum Gasteiger partial charge on any atom is -0.494 e. The Hall–Kier alpha value is -1.10. The van der Waals surface area contributed by atoms with Crippen molar-refractivity contribution in [1.82, 2.24) is 0 Å². The van der Waals surface area contributed by atoms with E-state index in [1.165, 1.54) is 0 Å². The number of methoxy groups -OCH3 is 2. The van der Waals surface area contributed by atoms with Gasteiger partial charge < -0.3 is 18.9 Å². The predicted molar refractivity (Wildman–Crippen MR) is 65.2 cm³/mol. The molecular weight excluding hydrogens is 220 g/mol. The van der Waals surface area contributed by atoms with Gasteiger partial charge in [0.15, 0.2) is 6.29 Å². The van der Waals surface area contributed by atoms with Crippen LogP contribution in [0.5, 0.6) is 5.75 Å². The van der Waals surface area contributed by atoms with Crippen LogP contribution in [0.2, 0.25) is 0 Å². The summed E-state index contributed by atoms with van der Waals surface area (Å²) in [5.41, 5.74) is 0. The Balaban J connectivity index is 1.98. The summed E-state index contributed by atoms with van der Waals surface area (Å²) in [5.74, 6) is 0.888. The van der Waals surface area contributed by atoms with Gasteiger partial charge in [0, 0.05) is 20.6 Å². The molecule has 0 bridgehead atoms. The fourth-order valence-electron chi connectivity index (χ4n) is 1.28. The van der Waals surface area contributed by atoms with Gasteiger partial charge in [-0.15, -0.1) is 0 Å². The number of ether oxygens (including phenoxy) is 4. The highest BCUT2D eigenvalue weighted by Crippen LogP contribution is 2.08. The van der Waals surface area contributed by atoms with Crippen LogP contribution in [0.4, 0.5) is 0 Å². The van der Waals surface area contributed by atoms with E-state index in [0.717, 1.165) is 12.2 Å². The summed E-state index contributed by atoms with van der Waals surface area (Å²) in [6.07, 6.45) is 0.555. The van der Waals surface area contributed by atoms with Crippen LogP contribution in [0.15, 0.2) is 30.3 Å². The molecule has 0 fully saturated rings. The predicted octanol–water partition coefficient (Wildman–Crippen LogP) is 2.09. The monoisotopic (exact) mass is 240 g/mol. The van der Waals surface area contributed by atoms with Crippen molar-refractivity contribution in [3.63, 3.8) is 0 Å². The van der Waals surface area contributed by atoms with Crippen LogP contribution in [-0.4, -0.2) is 40.3 Å². The van der Waals surface area contributed by atoms with Crippen LogP contribution in [-0.2, 0) is 14.2 Å². The summed E-state index contributed by atoms with van der Waals surface area (Å²) >= 11 is 0. The van der Waals surface area contributed by atoms with E-state index in [1.54, 1.807) is 14.2 Å². The van der Waals surface area contributed by atoms with E-state index in [2.05, 4.69) is 0 Å². The Bertz CT molecular complexity index is 272. The lowest BCUT2D eigenvalue weighted by Crippen LogP contribution is -2.20. The van der Waals surface area contributed by atoms with E-state index < -0.39 is 0 Å². The van der Waals surface area contributed by atoms with Gasteiger partial charge in [-0.1, -0.05) is 18.2 Å². The minimum absolute atomic E-state index is 0.287. The van der Waals surface area contributed by atoms with Crippen LogP contribution in [0.25, 0.3) is 0 Å². The average Bonchev–Trinajstić information content (AvgIpc) is 2.39. The van der Waals surface area contributed by atoms with Crippen molar-refractivity contribution in [2.24, 2.45) is 0 Å². The Morgan fingerprint density at radius 1 is 1.00 bits per heavy atom. The van der Waals surface area contributed by atoms with Crippen molar-refractivity contribution < 1.29 is 18.9 Å². The molecule has 4 heteroatoms. The topological polar surface area (TPSA) is 36.9 Å². The fraction of sp³-hybridized carbons (Fsp3) is 0.538. The first-order chi connectivity index (χ1) is 8.36. The number of para-hydroxylation sites is 1. The Labute approximate surface area is 102 Å². The van der Waals surface area contributed by atoms with Gasteiger partial charge >= 0.3 is 0 Å². The summed E-state index contributed by atoms with van der Waals surface area (Å²) in [7, 11) is 3.19. The lowest BCUT2D eigenvalue weighted by Gasteiger charge is -2.13. The Morgan fingerprint density at radius 3 is 2.35 bits per heavy atom. The van der Waals surface area contributed by atoms with Crippen LogP contribution in [0.1, 0.15) is 6.42 Å². The van der Waals surface area contributed by atoms with Gasteiger partial charge in [0.2, 0.25) is 0 Å². The molecular formula is C13H20O4. The Kier molecular flexibility index (Phi) is 7.38. The van der Waals surface area contributed by atoms with Gasteiger partial charge in [-0.05, 0) is 12.1 Å². The van der Waals surface area contributed by atoms with E-state index >= 15 is 0 Å². The molecule has 0 atom stereocenters. The van der Waals surface area contributed by atoms with Crippen molar-refractivity contribution in [2.45, 2.75) is 12.7 Å². The van der Waals surface area contributed by atoms with Crippen LogP contribution < -0.4 is 4.74 Å². The smallest absolute Gasteiger partial charge is 0.180 e. The van der Waals surface area contributed by atoms with E-state index in [-0.39, 0.29) is 6.29 Å². The molecule has 4 nitrogen and oxygen atoms in total. The largest absolute Gasteiger partial charge is 0.494 e. The van der Waals surface area contributed by atoms with Crippen molar-refractivity contribution in [3.8, 4) is 5.75 Å². The molecule has 0 amide bonds. The molecule has 0 saturated heterocycles. The molecule has 0 aliphatic rings. The summed E-state index contributed by atoms with van der Waals surface area (Å²) in [6, 6.07) is 9.74. The molecule has 0 aromatic heterocycles. The van der Waals surface area contributed by atoms with Gasteiger partial charge in [0.1, 0.15) is 5.75 Å². The summed E-state index contributed by atoms with van der Waals surface area (Å²) in [4.78, 5) is 0. The third kappa shape index (κ3) is 6.26. The molecule has 0 aliphatic heterocycles. The zero-order valence-corrected chi connectivity index (χ0v) is 10.4. The molecule has 1 aromatic carbocycles. The second-order valence-corrected chi connectivity index (χ2v) is 3.49. The van der Waals surface area contributed by atoms with Gasteiger partial charge in [0.05, 0.1) is 19.8 Å². The van der Waals surface area contributed by atoms with E-state index in [1.807, 2.05) is 30.3 Å². The minimum atomic E-state index is -0.287. The lowest BCUT2D eigenvalue weighted by molar-refractivity contribution is -0.140. The van der Waals surface area contributed by atoms with E-state index in [0.29, 0.717) is 19.8 Å². The summed E-state index contributed by atoms with van der Waals surface area (Å²) in [6.45, 7) is 1.73. The highest BCUT2D eigenvalue weighted by atomic mass is 16.7. The third-order valence-electron chi connectivity index (χ3n) is 2.22. The normalized spacial score (nSPS) is 10.8. The zero-order valence-electron chi connectivity index (χ0n) is 10.4. The van der Waals surface area contributed by atoms with E-state index in [9.17, 15) is 0 Å². The quantitative estimate of drug-likeness (QED) is 0.489. The van der Waals surface area contributed by atoms with Crippen molar-refractivity contribution >= 4 is 0 Å². The molecule has 0 unspecified atom stereocenters. The van der Waals surface area contributed by atoms with Gasteiger partial charge in [-0.25, -0.2) is 0 Å². The zero-order chi connectivity index (χ0) is 12.3. The van der Waals surface area contributed by atoms with Crippen molar-refractivity contribution in [3.05, 3.63) is 30.3 Å². The number of hydrogen-bond acceptors (Lipinski definition) is 4. The Morgan fingerprint density at radius 2 is 1.71 bits per heavy atom. The van der Waals surface area contributed by atoms with E-state index in [4.69, 9.17) is 18.9 Å². The van der Waals surface area contributed by atoms with Gasteiger partial charge in [-0.3, -0.25) is 0 Å². The molecule has 96 valence electrons. The van der Waals surface area contributed by atoms with Crippen molar-refractivity contribution in [2.75, 3.05) is 34.0 Å². The fourth-order valence-corrected chi connectivity index (χ4v) is 1.28. The second-order valence-electron chi connectivity index (χ2n) is 3.49. The number of rotatable bonds is 9. The van der Waals surface area contributed by atoms with Crippen LogP contribution in [0, 0.1) is 0 Å². The highest BCUT2D eigenvalue weighted by Gasteiger charge is 2.03. The average molecular weight is 240 g/mol. The molecule has 0 spiro atoms. The molecule has 0 saturated carbocycles. The standard InChI is InChI=1S/C13H20O4/c1-14-13(15-2)11-16-9-6-10-17-12-7-4-3-5-8-12/h3-5,7-8,13H,6,9-11H2,1-2H3. The van der Waals surface area contributed by atoms with Crippen LogP contribution >= 0.6 is 0 Å². The third-order valence-corrected chi connectivity index (χ3v) is 2.22. The summed E-state index contributed by atoms with van der Waals surface area (Å²) < 4.78 is 20.9. The molecule has 0 radical (unpaired) electrons. The molecule has 0 N–H and O–H groups in total.